The number of hydrogen-bond donors (Lipinski definition) is 0. The molecule has 0 aromatic heterocycles. The molecule has 0 radical (unpaired) electrons. The summed E-state index contributed by atoms with van der Waals surface area (Å²) in [5.74, 6) is 2.42. The maximum absolute atomic E-state index is 13.1. The average Bonchev–Trinajstić information content (AvgIpc) is 3.54. The Morgan fingerprint density at radius 3 is 1.61 bits per heavy atom. The van der Waals surface area contributed by atoms with Crippen molar-refractivity contribution in [2.45, 2.75) is 78.2 Å². The zero-order valence-electron chi connectivity index (χ0n) is 35.0. The number of unbranched alkanes of at least 4 members (excludes halogenated alkanes) is 2. The molecule has 0 spiro atoms. The van der Waals surface area contributed by atoms with Crippen LogP contribution in [0.25, 0.3) is 11.1 Å². The molecule has 7 rings (SSSR count). The lowest BCUT2D eigenvalue weighted by molar-refractivity contribution is -0.217. The monoisotopic (exact) mass is 808 g/mol. The minimum atomic E-state index is -0.411. The second kappa shape index (κ2) is 20.7. The fraction of sp³-hybridized carbons (Fsp3) is 0.490. The molecule has 10 nitrogen and oxygen atoms in total. The Balaban J connectivity index is 0.813. The van der Waals surface area contributed by atoms with Crippen molar-refractivity contribution >= 4 is 5.97 Å². The molecule has 1 unspecified atom stereocenters. The van der Waals surface area contributed by atoms with Gasteiger partial charge in [0.05, 0.1) is 58.4 Å². The molecule has 4 aromatic carbocycles. The van der Waals surface area contributed by atoms with E-state index in [4.69, 9.17) is 42.9 Å². The van der Waals surface area contributed by atoms with E-state index in [-0.39, 0.29) is 16.7 Å². The molecule has 0 amide bonds. The van der Waals surface area contributed by atoms with Crippen molar-refractivity contribution in [3.05, 3.63) is 107 Å². The van der Waals surface area contributed by atoms with Gasteiger partial charge in [-0.3, -0.25) is 0 Å². The van der Waals surface area contributed by atoms with Gasteiger partial charge in [-0.1, -0.05) is 45.0 Å². The standard InChI is InChI=1S/C49H60O10/c1-4-42-45-27-40(58-47(50)37-13-17-39(18-14-37)56-26-10-8-24-52-31-49(6-3)34-54-35-49)19-21-43(45)44-22-20-41(28-46(42)44)59-57-29-36-11-15-38(16-12-36)55-25-9-7-23-51-30-48(5-2)32-53-33-48/h11-22,27-28,42H,4-10,23-26,29-35H2,1-3H3. The lowest BCUT2D eigenvalue weighted by atomic mass is 9.84. The molecule has 2 aliphatic heterocycles. The highest BCUT2D eigenvalue weighted by atomic mass is 17.2. The predicted octanol–water partition coefficient (Wildman–Crippen LogP) is 10.1. The SMILES string of the molecule is CCC1c2cc(OOCc3ccc(OCCCCOCC4(CC)COC4)cc3)ccc2-c2ccc(OC(=O)c3ccc(OCCCCOCC4(CC)COC4)cc3)cc21. The Labute approximate surface area is 349 Å². The first kappa shape index (κ1) is 42.7. The molecule has 59 heavy (non-hydrogen) atoms. The van der Waals surface area contributed by atoms with Crippen LogP contribution in [-0.2, 0) is 30.4 Å². The molecule has 1 aliphatic carbocycles. The van der Waals surface area contributed by atoms with Crippen LogP contribution in [0.4, 0.5) is 0 Å². The zero-order valence-corrected chi connectivity index (χ0v) is 35.0. The Morgan fingerprint density at radius 2 is 1.10 bits per heavy atom. The predicted molar refractivity (Wildman–Crippen MR) is 225 cm³/mol. The summed E-state index contributed by atoms with van der Waals surface area (Å²) in [6.45, 7) is 14.3. The van der Waals surface area contributed by atoms with Crippen LogP contribution in [0.3, 0.4) is 0 Å². The fourth-order valence-corrected chi connectivity index (χ4v) is 7.70. The zero-order chi connectivity index (χ0) is 40.9. The molecule has 0 saturated carbocycles. The first-order chi connectivity index (χ1) is 28.9. The Morgan fingerprint density at radius 1 is 0.610 bits per heavy atom. The topological polar surface area (TPSA) is 100 Å². The molecule has 316 valence electrons. The van der Waals surface area contributed by atoms with Gasteiger partial charge < -0.3 is 38.0 Å². The van der Waals surface area contributed by atoms with Gasteiger partial charge in [-0.25, -0.2) is 4.79 Å². The highest BCUT2D eigenvalue weighted by Gasteiger charge is 2.37. The lowest BCUT2D eigenvalue weighted by Gasteiger charge is -2.40. The van der Waals surface area contributed by atoms with Crippen LogP contribution >= 0.6 is 0 Å². The van der Waals surface area contributed by atoms with E-state index >= 15 is 0 Å². The smallest absolute Gasteiger partial charge is 0.343 e. The quantitative estimate of drug-likeness (QED) is 0.0212. The van der Waals surface area contributed by atoms with Crippen LogP contribution in [0, 0.1) is 10.8 Å². The van der Waals surface area contributed by atoms with Crippen molar-refractivity contribution in [1.29, 1.82) is 0 Å². The molecule has 10 heteroatoms. The number of benzene rings is 4. The summed E-state index contributed by atoms with van der Waals surface area (Å²) in [7, 11) is 0. The molecule has 2 heterocycles. The number of hydrogen-bond acceptors (Lipinski definition) is 10. The molecular weight excluding hydrogens is 749 g/mol. The third-order valence-corrected chi connectivity index (χ3v) is 12.0. The van der Waals surface area contributed by atoms with Crippen LogP contribution < -0.4 is 19.1 Å². The van der Waals surface area contributed by atoms with Crippen molar-refractivity contribution in [3.8, 4) is 34.1 Å². The van der Waals surface area contributed by atoms with E-state index in [1.165, 1.54) is 0 Å². The molecule has 0 N–H and O–H groups in total. The maximum Gasteiger partial charge on any atom is 0.343 e. The van der Waals surface area contributed by atoms with Crippen LogP contribution in [-0.4, -0.2) is 72.0 Å². The molecule has 3 aliphatic rings. The molecule has 0 bridgehead atoms. The third kappa shape index (κ3) is 11.0. The van der Waals surface area contributed by atoms with Gasteiger partial charge in [0.25, 0.3) is 0 Å². The summed E-state index contributed by atoms with van der Waals surface area (Å²) in [6.07, 6.45) is 6.79. The molecule has 4 aromatic rings. The highest BCUT2D eigenvalue weighted by molar-refractivity contribution is 5.91. The first-order valence-corrected chi connectivity index (χ1v) is 21.5. The molecule has 1 atom stereocenters. The van der Waals surface area contributed by atoms with E-state index in [1.54, 1.807) is 12.1 Å². The lowest BCUT2D eigenvalue weighted by Crippen LogP contribution is -2.45. The first-order valence-electron chi connectivity index (χ1n) is 21.5. The van der Waals surface area contributed by atoms with Crippen molar-refractivity contribution in [2.24, 2.45) is 10.8 Å². The van der Waals surface area contributed by atoms with Crippen molar-refractivity contribution in [3.63, 3.8) is 0 Å². The van der Waals surface area contributed by atoms with Gasteiger partial charge in [0, 0.05) is 30.0 Å². The maximum atomic E-state index is 13.1. The van der Waals surface area contributed by atoms with Gasteiger partial charge in [-0.2, -0.15) is 4.89 Å². The Kier molecular flexibility index (Phi) is 15.0. The van der Waals surface area contributed by atoms with Crippen LogP contribution in [0.2, 0.25) is 0 Å². The molecular formula is C49H60O10. The summed E-state index contributed by atoms with van der Waals surface area (Å²) >= 11 is 0. The number of fused-ring (bicyclic) bond motifs is 3. The number of carbonyl (C=O) groups excluding carboxylic acids is 1. The normalized spacial score (nSPS) is 17.0. The van der Waals surface area contributed by atoms with Gasteiger partial charge in [0.2, 0.25) is 0 Å². The van der Waals surface area contributed by atoms with E-state index < -0.39 is 5.97 Å². The second-order valence-electron chi connectivity index (χ2n) is 16.3. The van der Waals surface area contributed by atoms with E-state index in [0.717, 1.165) is 137 Å². The average molecular weight is 809 g/mol. The third-order valence-electron chi connectivity index (χ3n) is 12.0. The number of carbonyl (C=O) groups is 1. The number of rotatable bonds is 25. The largest absolute Gasteiger partial charge is 0.494 e. The van der Waals surface area contributed by atoms with E-state index in [1.807, 2.05) is 66.7 Å². The van der Waals surface area contributed by atoms with Crippen molar-refractivity contribution < 1.29 is 47.7 Å². The van der Waals surface area contributed by atoms with E-state index in [9.17, 15) is 4.79 Å². The van der Waals surface area contributed by atoms with Gasteiger partial charge in [0.1, 0.15) is 23.9 Å². The van der Waals surface area contributed by atoms with E-state index in [2.05, 4.69) is 26.8 Å². The minimum Gasteiger partial charge on any atom is -0.494 e. The van der Waals surface area contributed by atoms with Crippen LogP contribution in [0.15, 0.2) is 84.9 Å². The summed E-state index contributed by atoms with van der Waals surface area (Å²) in [6, 6.07) is 26.9. The molecule has 2 fully saturated rings. The summed E-state index contributed by atoms with van der Waals surface area (Å²) in [5, 5.41) is 0. The number of ether oxygens (including phenoxy) is 7. The van der Waals surface area contributed by atoms with Crippen LogP contribution in [0.5, 0.6) is 23.0 Å². The minimum absolute atomic E-state index is 0.131. The van der Waals surface area contributed by atoms with Crippen LogP contribution in [0.1, 0.15) is 98.7 Å². The summed E-state index contributed by atoms with van der Waals surface area (Å²) in [4.78, 5) is 24.6. The second-order valence-corrected chi connectivity index (χ2v) is 16.3. The van der Waals surface area contributed by atoms with Gasteiger partial charge in [-0.15, -0.1) is 0 Å². The summed E-state index contributed by atoms with van der Waals surface area (Å²) < 4.78 is 40.2. The molecule has 2 saturated heterocycles. The fourth-order valence-electron chi connectivity index (χ4n) is 7.70. The van der Waals surface area contributed by atoms with Crippen molar-refractivity contribution in [1.82, 2.24) is 0 Å². The van der Waals surface area contributed by atoms with E-state index in [0.29, 0.717) is 36.9 Å². The Bertz CT molecular complexity index is 1920. The van der Waals surface area contributed by atoms with Gasteiger partial charge in [-0.05, 0) is 133 Å². The number of esters is 1. The Hall–Kier alpha value is -4.45. The van der Waals surface area contributed by atoms with Crippen molar-refractivity contribution in [2.75, 3.05) is 66.1 Å². The highest BCUT2D eigenvalue weighted by Crippen LogP contribution is 2.48. The van der Waals surface area contributed by atoms with Gasteiger partial charge >= 0.3 is 5.97 Å². The summed E-state index contributed by atoms with van der Waals surface area (Å²) in [5.41, 5.74) is 6.46. The van der Waals surface area contributed by atoms with Gasteiger partial charge in [0.15, 0.2) is 5.75 Å².